The summed E-state index contributed by atoms with van der Waals surface area (Å²) in [4.78, 5) is 2.21. The summed E-state index contributed by atoms with van der Waals surface area (Å²) < 4.78 is 2.02. The zero-order valence-electron chi connectivity index (χ0n) is 10.8. The minimum absolute atomic E-state index is 0.365. The molecule has 0 aliphatic carbocycles. The summed E-state index contributed by atoms with van der Waals surface area (Å²) in [5.41, 5.74) is 0.989. The predicted octanol–water partition coefficient (Wildman–Crippen LogP) is 3.33. The number of anilines is 1. The van der Waals surface area contributed by atoms with Crippen molar-refractivity contribution in [2.45, 2.75) is 20.0 Å². The smallest absolute Gasteiger partial charge is 0.0839 e. The molecule has 1 aromatic rings. The normalized spacial score (nSPS) is 12.8. The Morgan fingerprint density at radius 2 is 1.94 bits per heavy atom. The third-order valence-electron chi connectivity index (χ3n) is 2.82. The largest absolute Gasteiger partial charge is 0.390 e. The second kappa shape index (κ2) is 8.15. The highest BCUT2D eigenvalue weighted by Gasteiger charge is 2.09. The van der Waals surface area contributed by atoms with E-state index >= 15 is 0 Å². The average Bonchev–Trinajstić information content (AvgIpc) is 2.37. The van der Waals surface area contributed by atoms with Gasteiger partial charge in [-0.05, 0) is 47.2 Å². The van der Waals surface area contributed by atoms with Gasteiger partial charge < -0.3 is 15.3 Å². The second-order valence-electron chi connectivity index (χ2n) is 4.14. The number of nitrogens with zero attached hydrogens (tertiary/aromatic N) is 1. The molecule has 2 N–H and O–H groups in total. The first-order valence-electron chi connectivity index (χ1n) is 6.16. The van der Waals surface area contributed by atoms with Crippen LogP contribution in [0.4, 0.5) is 5.69 Å². The van der Waals surface area contributed by atoms with Gasteiger partial charge in [0, 0.05) is 27.7 Å². The first-order valence-corrected chi connectivity index (χ1v) is 7.74. The standard InChI is InChI=1S/C13H20Br2N2O/c1-3-17(4-2)9-11(18)8-16-13-7-10(14)5-6-12(13)15/h5-7,11,16,18H,3-4,8-9H2,1-2H3. The van der Waals surface area contributed by atoms with E-state index in [0.29, 0.717) is 13.1 Å². The SMILES string of the molecule is CCN(CC)CC(O)CNc1cc(Br)ccc1Br. The van der Waals surface area contributed by atoms with Gasteiger partial charge in [-0.15, -0.1) is 0 Å². The van der Waals surface area contributed by atoms with Crippen LogP contribution in [0.15, 0.2) is 27.1 Å². The van der Waals surface area contributed by atoms with Crippen LogP contribution in [0.3, 0.4) is 0 Å². The Kier molecular flexibility index (Phi) is 7.22. The summed E-state index contributed by atoms with van der Waals surface area (Å²) in [6.07, 6.45) is -0.365. The van der Waals surface area contributed by atoms with Crippen molar-refractivity contribution in [3.63, 3.8) is 0 Å². The van der Waals surface area contributed by atoms with Crippen LogP contribution in [-0.4, -0.2) is 42.3 Å². The predicted molar refractivity (Wildman–Crippen MR) is 84.1 cm³/mol. The van der Waals surface area contributed by atoms with Crippen molar-refractivity contribution in [1.29, 1.82) is 0 Å². The van der Waals surface area contributed by atoms with Crippen LogP contribution in [0.1, 0.15) is 13.8 Å². The fourth-order valence-corrected chi connectivity index (χ4v) is 2.45. The minimum Gasteiger partial charge on any atom is -0.390 e. The van der Waals surface area contributed by atoms with E-state index in [9.17, 15) is 5.11 Å². The van der Waals surface area contributed by atoms with E-state index in [4.69, 9.17) is 0 Å². The van der Waals surface area contributed by atoms with Crippen LogP contribution in [0, 0.1) is 0 Å². The molecule has 0 aliphatic rings. The molecule has 0 heterocycles. The van der Waals surface area contributed by atoms with Crippen molar-refractivity contribution in [2.75, 3.05) is 31.5 Å². The van der Waals surface area contributed by atoms with Gasteiger partial charge in [-0.25, -0.2) is 0 Å². The Hall–Kier alpha value is -0.100. The van der Waals surface area contributed by atoms with Crippen molar-refractivity contribution < 1.29 is 5.11 Å². The second-order valence-corrected chi connectivity index (χ2v) is 5.91. The van der Waals surface area contributed by atoms with Crippen molar-refractivity contribution in [2.24, 2.45) is 0 Å². The Labute approximate surface area is 126 Å². The van der Waals surface area contributed by atoms with Crippen molar-refractivity contribution in [3.8, 4) is 0 Å². The first kappa shape index (κ1) is 16.0. The fraction of sp³-hybridized carbons (Fsp3) is 0.538. The van der Waals surface area contributed by atoms with Gasteiger partial charge in [-0.1, -0.05) is 29.8 Å². The molecule has 1 aromatic carbocycles. The van der Waals surface area contributed by atoms with Gasteiger partial charge in [-0.2, -0.15) is 0 Å². The van der Waals surface area contributed by atoms with Gasteiger partial charge in [0.2, 0.25) is 0 Å². The summed E-state index contributed by atoms with van der Waals surface area (Å²) in [7, 11) is 0. The Morgan fingerprint density at radius 3 is 2.56 bits per heavy atom. The molecule has 0 amide bonds. The number of hydrogen-bond donors (Lipinski definition) is 2. The molecule has 1 rings (SSSR count). The van der Waals surface area contributed by atoms with E-state index < -0.39 is 0 Å². The van der Waals surface area contributed by atoms with Crippen LogP contribution in [0.5, 0.6) is 0 Å². The maximum atomic E-state index is 9.97. The molecular formula is C13H20Br2N2O. The lowest BCUT2D eigenvalue weighted by molar-refractivity contribution is 0.128. The molecule has 5 heteroatoms. The highest BCUT2D eigenvalue weighted by molar-refractivity contribution is 9.11. The van der Waals surface area contributed by atoms with E-state index in [1.54, 1.807) is 0 Å². The molecule has 18 heavy (non-hydrogen) atoms. The molecule has 0 radical (unpaired) electrons. The van der Waals surface area contributed by atoms with Gasteiger partial charge >= 0.3 is 0 Å². The van der Waals surface area contributed by atoms with Crippen molar-refractivity contribution >= 4 is 37.5 Å². The number of aliphatic hydroxyl groups excluding tert-OH is 1. The molecule has 0 saturated heterocycles. The van der Waals surface area contributed by atoms with E-state index in [1.165, 1.54) is 0 Å². The van der Waals surface area contributed by atoms with Gasteiger partial charge in [0.25, 0.3) is 0 Å². The van der Waals surface area contributed by atoms with Gasteiger partial charge in [-0.3, -0.25) is 0 Å². The van der Waals surface area contributed by atoms with Crippen LogP contribution < -0.4 is 5.32 Å². The molecule has 0 saturated carbocycles. The number of likely N-dealkylation sites (N-methyl/N-ethyl adjacent to an activating group) is 1. The number of rotatable bonds is 7. The molecular weight excluding hydrogens is 360 g/mol. The molecule has 3 nitrogen and oxygen atoms in total. The van der Waals surface area contributed by atoms with Crippen LogP contribution in [0.2, 0.25) is 0 Å². The molecule has 1 atom stereocenters. The summed E-state index contributed by atoms with van der Waals surface area (Å²) in [5.74, 6) is 0. The molecule has 102 valence electrons. The zero-order chi connectivity index (χ0) is 13.5. The Bertz CT molecular complexity index is 370. The summed E-state index contributed by atoms with van der Waals surface area (Å²) >= 11 is 6.92. The van der Waals surface area contributed by atoms with Crippen LogP contribution in [0.25, 0.3) is 0 Å². The van der Waals surface area contributed by atoms with E-state index in [0.717, 1.165) is 27.7 Å². The number of hydrogen-bond acceptors (Lipinski definition) is 3. The third-order valence-corrected chi connectivity index (χ3v) is 4.00. The highest BCUT2D eigenvalue weighted by atomic mass is 79.9. The first-order chi connectivity index (χ1) is 8.56. The lowest BCUT2D eigenvalue weighted by atomic mass is 10.2. The van der Waals surface area contributed by atoms with Gasteiger partial charge in [0.05, 0.1) is 6.10 Å². The third kappa shape index (κ3) is 5.26. The average molecular weight is 380 g/mol. The topological polar surface area (TPSA) is 35.5 Å². The van der Waals surface area contributed by atoms with Crippen LogP contribution in [-0.2, 0) is 0 Å². The number of halogens is 2. The maximum Gasteiger partial charge on any atom is 0.0839 e. The van der Waals surface area contributed by atoms with Crippen LogP contribution >= 0.6 is 31.9 Å². The monoisotopic (exact) mass is 378 g/mol. The highest BCUT2D eigenvalue weighted by Crippen LogP contribution is 2.25. The molecule has 1 unspecified atom stereocenters. The van der Waals surface area contributed by atoms with Gasteiger partial charge in [0.1, 0.15) is 0 Å². The van der Waals surface area contributed by atoms with E-state index in [1.807, 2.05) is 18.2 Å². The summed E-state index contributed by atoms with van der Waals surface area (Å²) in [6.45, 7) is 7.39. The molecule has 0 spiro atoms. The molecule has 0 bridgehead atoms. The number of aliphatic hydroxyl groups is 1. The lowest BCUT2D eigenvalue weighted by Crippen LogP contribution is -2.35. The fourth-order valence-electron chi connectivity index (χ4n) is 1.71. The van der Waals surface area contributed by atoms with Crippen molar-refractivity contribution in [3.05, 3.63) is 27.1 Å². The zero-order valence-corrected chi connectivity index (χ0v) is 14.0. The quantitative estimate of drug-likeness (QED) is 0.762. The summed E-state index contributed by atoms with van der Waals surface area (Å²) in [6, 6.07) is 5.94. The maximum absolute atomic E-state index is 9.97. The number of benzene rings is 1. The lowest BCUT2D eigenvalue weighted by Gasteiger charge is -2.22. The minimum atomic E-state index is -0.365. The summed E-state index contributed by atoms with van der Waals surface area (Å²) in [5, 5.41) is 13.2. The molecule has 0 fully saturated rings. The van der Waals surface area contributed by atoms with E-state index in [2.05, 4.69) is 55.9 Å². The Balaban J connectivity index is 2.46. The van der Waals surface area contributed by atoms with E-state index in [-0.39, 0.29) is 6.10 Å². The Morgan fingerprint density at radius 1 is 1.28 bits per heavy atom. The van der Waals surface area contributed by atoms with Gasteiger partial charge in [0.15, 0.2) is 0 Å². The molecule has 0 aliphatic heterocycles. The molecule has 0 aromatic heterocycles. The van der Waals surface area contributed by atoms with Crippen molar-refractivity contribution in [1.82, 2.24) is 4.90 Å². The number of nitrogens with one attached hydrogen (secondary N) is 1.